The molecule has 26 heavy (non-hydrogen) atoms. The predicted molar refractivity (Wildman–Crippen MR) is 102 cm³/mol. The molecule has 3 N–H and O–H groups in total. The van der Waals surface area contributed by atoms with Gasteiger partial charge in [-0.25, -0.2) is 4.98 Å². The molecule has 2 aliphatic rings. The van der Waals surface area contributed by atoms with Crippen LogP contribution < -0.4 is 21.5 Å². The Balaban J connectivity index is 1.93. The number of nitrogens with one attached hydrogen (secondary N) is 3. The number of aromatic nitrogens is 2. The van der Waals surface area contributed by atoms with Crippen LogP contribution in [0, 0.1) is 5.92 Å². The van der Waals surface area contributed by atoms with Gasteiger partial charge in [-0.1, -0.05) is 0 Å². The Morgan fingerprint density at radius 1 is 1.27 bits per heavy atom. The van der Waals surface area contributed by atoms with Crippen molar-refractivity contribution in [2.24, 2.45) is 5.92 Å². The monoisotopic (exact) mass is 361 g/mol. The summed E-state index contributed by atoms with van der Waals surface area (Å²) in [4.78, 5) is 30.0. The Morgan fingerprint density at radius 2 is 1.96 bits per heavy atom. The second-order valence-electron chi connectivity index (χ2n) is 7.94. The van der Waals surface area contributed by atoms with E-state index < -0.39 is 0 Å². The van der Waals surface area contributed by atoms with Gasteiger partial charge in [0.05, 0.1) is 5.69 Å². The van der Waals surface area contributed by atoms with E-state index in [1.165, 1.54) is 0 Å². The van der Waals surface area contributed by atoms with Crippen molar-refractivity contribution >= 4 is 11.9 Å². The second-order valence-corrected chi connectivity index (χ2v) is 7.94. The molecule has 1 amide bonds. The average molecular weight is 361 g/mol. The van der Waals surface area contributed by atoms with Gasteiger partial charge in [-0.15, -0.1) is 0 Å². The predicted octanol–water partition coefficient (Wildman–Crippen LogP) is 1.58. The summed E-state index contributed by atoms with van der Waals surface area (Å²) in [5.41, 5.74) is 1.81. The van der Waals surface area contributed by atoms with Crippen LogP contribution in [0.15, 0.2) is 4.79 Å². The van der Waals surface area contributed by atoms with Crippen molar-refractivity contribution in [3.05, 3.63) is 21.6 Å². The molecule has 0 spiro atoms. The van der Waals surface area contributed by atoms with Crippen molar-refractivity contribution in [3.63, 3.8) is 0 Å². The molecule has 0 aromatic carbocycles. The summed E-state index contributed by atoms with van der Waals surface area (Å²) >= 11 is 0. The highest BCUT2D eigenvalue weighted by molar-refractivity contribution is 5.78. The van der Waals surface area contributed by atoms with Gasteiger partial charge >= 0.3 is 0 Å². The SMILES string of the molecule is CNC(=O)[C@H]1CC[C@H](n2c(NC(C)C)nc3c(c2=O)C[C@@H](C)NC3)CC1. The summed E-state index contributed by atoms with van der Waals surface area (Å²) in [7, 11) is 1.69. The third-order valence-electron chi connectivity index (χ3n) is 5.52. The van der Waals surface area contributed by atoms with E-state index in [0.717, 1.165) is 43.4 Å². The summed E-state index contributed by atoms with van der Waals surface area (Å²) < 4.78 is 1.87. The highest BCUT2D eigenvalue weighted by Gasteiger charge is 2.31. The van der Waals surface area contributed by atoms with Crippen molar-refractivity contribution in [2.45, 2.75) is 77.5 Å². The number of hydrogen-bond acceptors (Lipinski definition) is 5. The van der Waals surface area contributed by atoms with Gasteiger partial charge in [0.25, 0.3) is 5.56 Å². The van der Waals surface area contributed by atoms with E-state index in [9.17, 15) is 9.59 Å². The fourth-order valence-corrected chi connectivity index (χ4v) is 4.11. The fraction of sp³-hybridized carbons (Fsp3) is 0.737. The highest BCUT2D eigenvalue weighted by atomic mass is 16.2. The second kappa shape index (κ2) is 7.78. The topological polar surface area (TPSA) is 88.1 Å². The molecule has 2 heterocycles. The molecule has 144 valence electrons. The van der Waals surface area contributed by atoms with Gasteiger partial charge in [0.15, 0.2) is 0 Å². The number of carbonyl (C=O) groups excluding carboxylic acids is 1. The first-order chi connectivity index (χ1) is 12.4. The maximum atomic E-state index is 13.3. The van der Waals surface area contributed by atoms with Crippen molar-refractivity contribution in [2.75, 3.05) is 12.4 Å². The van der Waals surface area contributed by atoms with Crippen molar-refractivity contribution in [3.8, 4) is 0 Å². The minimum absolute atomic E-state index is 0.0586. The summed E-state index contributed by atoms with van der Waals surface area (Å²) in [6, 6.07) is 0.592. The lowest BCUT2D eigenvalue weighted by atomic mass is 9.85. The number of hydrogen-bond donors (Lipinski definition) is 3. The zero-order valence-corrected chi connectivity index (χ0v) is 16.3. The normalized spacial score (nSPS) is 25.7. The van der Waals surface area contributed by atoms with E-state index in [1.54, 1.807) is 7.05 Å². The number of nitrogens with zero attached hydrogens (tertiary/aromatic N) is 2. The number of anilines is 1. The quantitative estimate of drug-likeness (QED) is 0.758. The Hall–Kier alpha value is -1.89. The molecule has 1 aromatic heterocycles. The van der Waals surface area contributed by atoms with Crippen molar-refractivity contribution in [1.82, 2.24) is 20.2 Å². The first kappa shape index (κ1) is 18.9. The Labute approximate surface area is 155 Å². The third-order valence-corrected chi connectivity index (χ3v) is 5.52. The summed E-state index contributed by atoms with van der Waals surface area (Å²) in [6.07, 6.45) is 4.01. The van der Waals surface area contributed by atoms with E-state index in [0.29, 0.717) is 18.5 Å². The Kier molecular flexibility index (Phi) is 5.65. The van der Waals surface area contributed by atoms with Crippen LogP contribution in [0.1, 0.15) is 63.8 Å². The van der Waals surface area contributed by atoms with Crippen LogP contribution >= 0.6 is 0 Å². The minimum Gasteiger partial charge on any atom is -0.359 e. The largest absolute Gasteiger partial charge is 0.359 e. The van der Waals surface area contributed by atoms with E-state index in [-0.39, 0.29) is 29.5 Å². The first-order valence-corrected chi connectivity index (χ1v) is 9.76. The molecule has 1 fully saturated rings. The maximum Gasteiger partial charge on any atom is 0.258 e. The van der Waals surface area contributed by atoms with Gasteiger partial charge in [0.2, 0.25) is 11.9 Å². The van der Waals surface area contributed by atoms with Crippen LogP contribution in [-0.2, 0) is 17.8 Å². The zero-order chi connectivity index (χ0) is 18.8. The van der Waals surface area contributed by atoms with Crippen LogP contribution in [0.25, 0.3) is 0 Å². The van der Waals surface area contributed by atoms with Crippen molar-refractivity contribution < 1.29 is 4.79 Å². The maximum absolute atomic E-state index is 13.3. The molecule has 1 aromatic rings. The lowest BCUT2D eigenvalue weighted by molar-refractivity contribution is -0.125. The summed E-state index contributed by atoms with van der Waals surface area (Å²) in [5, 5.41) is 9.49. The molecule has 1 atom stereocenters. The van der Waals surface area contributed by atoms with Crippen LogP contribution in [-0.4, -0.2) is 34.6 Å². The molecule has 7 heteroatoms. The summed E-state index contributed by atoms with van der Waals surface area (Å²) in [6.45, 7) is 6.85. The number of fused-ring (bicyclic) bond motifs is 1. The van der Waals surface area contributed by atoms with Gasteiger partial charge in [0.1, 0.15) is 0 Å². The number of amides is 1. The smallest absolute Gasteiger partial charge is 0.258 e. The van der Waals surface area contributed by atoms with E-state index in [4.69, 9.17) is 4.98 Å². The van der Waals surface area contributed by atoms with Gasteiger partial charge in [0, 0.05) is 43.2 Å². The Bertz CT molecular complexity index is 719. The first-order valence-electron chi connectivity index (χ1n) is 9.76. The summed E-state index contributed by atoms with van der Waals surface area (Å²) in [5.74, 6) is 0.839. The van der Waals surface area contributed by atoms with Crippen LogP contribution in [0.5, 0.6) is 0 Å². The van der Waals surface area contributed by atoms with E-state index in [2.05, 4.69) is 36.7 Å². The standard InChI is InChI=1S/C19H31N5O2/c1-11(2)22-19-23-16-10-21-12(3)9-15(16)18(26)24(19)14-7-5-13(6-8-14)17(25)20-4/h11-14,21H,5-10H2,1-4H3,(H,20,25)(H,22,23)/t12-,13-,14-/m1/s1. The zero-order valence-electron chi connectivity index (χ0n) is 16.3. The van der Waals surface area contributed by atoms with Crippen molar-refractivity contribution in [1.29, 1.82) is 0 Å². The highest BCUT2D eigenvalue weighted by Crippen LogP contribution is 2.33. The molecule has 3 rings (SSSR count). The minimum atomic E-state index is 0.0586. The lowest BCUT2D eigenvalue weighted by Crippen LogP contribution is -2.42. The molecule has 0 saturated heterocycles. The molecule has 1 aliphatic carbocycles. The molecule has 1 aliphatic heterocycles. The molecule has 7 nitrogen and oxygen atoms in total. The van der Waals surface area contributed by atoms with Gasteiger partial charge < -0.3 is 16.0 Å². The van der Waals surface area contributed by atoms with E-state index >= 15 is 0 Å². The number of rotatable bonds is 4. The third kappa shape index (κ3) is 3.77. The molecular weight excluding hydrogens is 330 g/mol. The van der Waals surface area contributed by atoms with Crippen LogP contribution in [0.3, 0.4) is 0 Å². The van der Waals surface area contributed by atoms with Crippen LogP contribution in [0.2, 0.25) is 0 Å². The molecule has 0 unspecified atom stereocenters. The van der Waals surface area contributed by atoms with Gasteiger partial charge in [-0.3, -0.25) is 14.2 Å². The molecular formula is C19H31N5O2. The van der Waals surface area contributed by atoms with Gasteiger partial charge in [-0.2, -0.15) is 0 Å². The van der Waals surface area contributed by atoms with E-state index in [1.807, 2.05) is 4.57 Å². The lowest BCUT2D eigenvalue weighted by Gasteiger charge is -2.32. The molecule has 0 radical (unpaired) electrons. The Morgan fingerprint density at radius 3 is 2.58 bits per heavy atom. The number of carbonyl (C=O) groups is 1. The molecule has 1 saturated carbocycles. The average Bonchev–Trinajstić information content (AvgIpc) is 2.62. The fourth-order valence-electron chi connectivity index (χ4n) is 4.11. The van der Waals surface area contributed by atoms with Crippen LogP contribution in [0.4, 0.5) is 5.95 Å². The molecule has 0 bridgehead atoms. The van der Waals surface area contributed by atoms with Gasteiger partial charge in [-0.05, 0) is 52.9 Å².